The van der Waals surface area contributed by atoms with Crippen LogP contribution in [0.15, 0.2) is 0 Å². The predicted octanol–water partition coefficient (Wildman–Crippen LogP) is 0.810. The molecule has 1 aliphatic rings. The fraction of sp³-hybridized carbons (Fsp3) is 1.00. The summed E-state index contributed by atoms with van der Waals surface area (Å²) in [6, 6.07) is 0. The van der Waals surface area contributed by atoms with Gasteiger partial charge in [0, 0.05) is 0 Å². The number of hydrogen-bond donors (Lipinski definition) is 1. The first-order valence-corrected chi connectivity index (χ1v) is 4.30. The molecule has 0 atom stereocenters. The Balaban J connectivity index is 2.30. The summed E-state index contributed by atoms with van der Waals surface area (Å²) in [5, 5.41) is 9.07. The number of aliphatic hydroxyl groups excluding tert-OH is 1. The van der Waals surface area contributed by atoms with Crippen LogP contribution in [0, 0.1) is 5.41 Å². The average Bonchev–Trinajstić information content (AvgIpc) is 1.84. The third kappa shape index (κ3) is 2.44. The second-order valence-electron chi connectivity index (χ2n) is 4.55. The Bertz CT molecular complexity index is 139. The zero-order valence-electron chi connectivity index (χ0n) is 8.09. The average molecular weight is 174 g/mol. The van der Waals surface area contributed by atoms with Crippen LogP contribution in [0.1, 0.15) is 20.8 Å². The van der Waals surface area contributed by atoms with E-state index in [1.807, 2.05) is 20.8 Å². The number of aliphatic hydroxyl groups is 1. The number of rotatable bonds is 3. The van der Waals surface area contributed by atoms with E-state index in [0.717, 1.165) is 0 Å². The summed E-state index contributed by atoms with van der Waals surface area (Å²) in [5.74, 6) is 0. The highest BCUT2D eigenvalue weighted by Gasteiger charge is 2.39. The fourth-order valence-corrected chi connectivity index (χ4v) is 0.981. The van der Waals surface area contributed by atoms with Crippen molar-refractivity contribution in [3.63, 3.8) is 0 Å². The molecule has 0 radical (unpaired) electrons. The van der Waals surface area contributed by atoms with Gasteiger partial charge in [0.05, 0.1) is 37.4 Å². The molecule has 0 aromatic heterocycles. The Kier molecular flexibility index (Phi) is 2.76. The SMILES string of the molecule is CC(C)(C)OCC1(CO)COC1. The molecule has 0 aromatic rings. The van der Waals surface area contributed by atoms with Crippen molar-refractivity contribution < 1.29 is 14.6 Å². The summed E-state index contributed by atoms with van der Waals surface area (Å²) >= 11 is 0. The summed E-state index contributed by atoms with van der Waals surface area (Å²) in [7, 11) is 0. The Morgan fingerprint density at radius 1 is 1.42 bits per heavy atom. The zero-order chi connectivity index (χ0) is 9.24. The quantitative estimate of drug-likeness (QED) is 0.688. The van der Waals surface area contributed by atoms with Gasteiger partial charge in [-0.2, -0.15) is 0 Å². The van der Waals surface area contributed by atoms with Crippen molar-refractivity contribution >= 4 is 0 Å². The first-order valence-electron chi connectivity index (χ1n) is 4.30. The minimum atomic E-state index is -0.127. The lowest BCUT2D eigenvalue weighted by molar-refractivity contribution is -0.186. The van der Waals surface area contributed by atoms with Crippen molar-refractivity contribution in [1.82, 2.24) is 0 Å². The maximum atomic E-state index is 9.07. The van der Waals surface area contributed by atoms with Crippen LogP contribution in [0.25, 0.3) is 0 Å². The lowest BCUT2D eigenvalue weighted by Crippen LogP contribution is -2.50. The largest absolute Gasteiger partial charge is 0.396 e. The molecule has 1 aliphatic heterocycles. The minimum absolute atomic E-state index is 0.118. The van der Waals surface area contributed by atoms with Gasteiger partial charge in [-0.25, -0.2) is 0 Å². The highest BCUT2D eigenvalue weighted by molar-refractivity contribution is 4.85. The number of hydrogen-bond acceptors (Lipinski definition) is 3. The van der Waals surface area contributed by atoms with Crippen LogP contribution in [-0.2, 0) is 9.47 Å². The molecule has 72 valence electrons. The van der Waals surface area contributed by atoms with Crippen LogP contribution in [0.4, 0.5) is 0 Å². The van der Waals surface area contributed by atoms with Gasteiger partial charge >= 0.3 is 0 Å². The van der Waals surface area contributed by atoms with Crippen molar-refractivity contribution in [2.75, 3.05) is 26.4 Å². The number of ether oxygens (including phenoxy) is 2. The molecule has 1 N–H and O–H groups in total. The topological polar surface area (TPSA) is 38.7 Å². The molecule has 0 aliphatic carbocycles. The molecule has 0 saturated carbocycles. The molecule has 12 heavy (non-hydrogen) atoms. The van der Waals surface area contributed by atoms with Crippen molar-refractivity contribution in [3.05, 3.63) is 0 Å². The van der Waals surface area contributed by atoms with E-state index in [-0.39, 0.29) is 17.6 Å². The molecule has 0 amide bonds. The van der Waals surface area contributed by atoms with Gasteiger partial charge in [-0.05, 0) is 20.8 Å². The van der Waals surface area contributed by atoms with Gasteiger partial charge in [0.1, 0.15) is 0 Å². The maximum absolute atomic E-state index is 9.07. The normalized spacial score (nSPS) is 22.0. The second-order valence-corrected chi connectivity index (χ2v) is 4.55. The molecule has 0 bridgehead atoms. The van der Waals surface area contributed by atoms with Crippen LogP contribution in [0.3, 0.4) is 0 Å². The molecule has 3 nitrogen and oxygen atoms in total. The molecular weight excluding hydrogens is 156 g/mol. The maximum Gasteiger partial charge on any atom is 0.0635 e. The molecule has 0 unspecified atom stereocenters. The molecule has 3 heteroatoms. The summed E-state index contributed by atoms with van der Waals surface area (Å²) < 4.78 is 10.6. The molecule has 0 spiro atoms. The Labute approximate surface area is 73.7 Å². The van der Waals surface area contributed by atoms with Gasteiger partial charge in [-0.15, -0.1) is 0 Å². The molecule has 1 fully saturated rings. The Morgan fingerprint density at radius 3 is 2.25 bits per heavy atom. The standard InChI is InChI=1S/C9H18O3/c1-8(2,3)12-7-9(4-10)5-11-6-9/h10H,4-7H2,1-3H3. The molecular formula is C9H18O3. The minimum Gasteiger partial charge on any atom is -0.396 e. The van der Waals surface area contributed by atoms with Crippen molar-refractivity contribution in [2.45, 2.75) is 26.4 Å². The lowest BCUT2D eigenvalue weighted by Gasteiger charge is -2.41. The molecule has 0 aromatic carbocycles. The third-order valence-electron chi connectivity index (χ3n) is 1.96. The van der Waals surface area contributed by atoms with Crippen molar-refractivity contribution in [2.24, 2.45) is 5.41 Å². The summed E-state index contributed by atoms with van der Waals surface area (Å²) in [6.45, 7) is 8.03. The molecule has 1 rings (SSSR count). The van der Waals surface area contributed by atoms with Gasteiger partial charge < -0.3 is 14.6 Å². The summed E-state index contributed by atoms with van der Waals surface area (Å²) in [5.41, 5.74) is -0.245. The van der Waals surface area contributed by atoms with Crippen molar-refractivity contribution in [1.29, 1.82) is 0 Å². The van der Waals surface area contributed by atoms with Gasteiger partial charge in [0.25, 0.3) is 0 Å². The molecule has 1 heterocycles. The van der Waals surface area contributed by atoms with E-state index in [0.29, 0.717) is 19.8 Å². The zero-order valence-corrected chi connectivity index (χ0v) is 8.09. The van der Waals surface area contributed by atoms with E-state index in [4.69, 9.17) is 14.6 Å². The van der Waals surface area contributed by atoms with E-state index in [9.17, 15) is 0 Å². The van der Waals surface area contributed by atoms with Gasteiger partial charge in [0.2, 0.25) is 0 Å². The van der Waals surface area contributed by atoms with E-state index < -0.39 is 0 Å². The monoisotopic (exact) mass is 174 g/mol. The highest BCUT2D eigenvalue weighted by atomic mass is 16.5. The van der Waals surface area contributed by atoms with E-state index in [1.54, 1.807) is 0 Å². The van der Waals surface area contributed by atoms with Crippen LogP contribution in [0.5, 0.6) is 0 Å². The van der Waals surface area contributed by atoms with Gasteiger partial charge in [-0.3, -0.25) is 0 Å². The first kappa shape index (κ1) is 9.96. The van der Waals surface area contributed by atoms with Gasteiger partial charge in [-0.1, -0.05) is 0 Å². The van der Waals surface area contributed by atoms with Crippen molar-refractivity contribution in [3.8, 4) is 0 Å². The highest BCUT2D eigenvalue weighted by Crippen LogP contribution is 2.28. The molecule has 1 saturated heterocycles. The van der Waals surface area contributed by atoms with Crippen LogP contribution < -0.4 is 0 Å². The van der Waals surface area contributed by atoms with E-state index in [1.165, 1.54) is 0 Å². The Morgan fingerprint density at radius 2 is 2.00 bits per heavy atom. The Hall–Kier alpha value is -0.120. The van der Waals surface area contributed by atoms with Crippen LogP contribution >= 0.6 is 0 Å². The predicted molar refractivity (Wildman–Crippen MR) is 46.0 cm³/mol. The lowest BCUT2D eigenvalue weighted by atomic mass is 9.88. The summed E-state index contributed by atoms with van der Waals surface area (Å²) in [4.78, 5) is 0. The van der Waals surface area contributed by atoms with E-state index >= 15 is 0 Å². The second kappa shape index (κ2) is 3.32. The first-order chi connectivity index (χ1) is 5.47. The summed E-state index contributed by atoms with van der Waals surface area (Å²) in [6.07, 6.45) is 0. The van der Waals surface area contributed by atoms with E-state index in [2.05, 4.69) is 0 Å². The van der Waals surface area contributed by atoms with Gasteiger partial charge in [0.15, 0.2) is 0 Å². The third-order valence-corrected chi connectivity index (χ3v) is 1.96. The van der Waals surface area contributed by atoms with Crippen LogP contribution in [0.2, 0.25) is 0 Å². The fourth-order valence-electron chi connectivity index (χ4n) is 0.981. The van der Waals surface area contributed by atoms with Crippen LogP contribution in [-0.4, -0.2) is 37.1 Å². The smallest absolute Gasteiger partial charge is 0.0635 e.